The molecule has 6 nitrogen and oxygen atoms in total. The summed E-state index contributed by atoms with van der Waals surface area (Å²) in [4.78, 5) is 10.7. The van der Waals surface area contributed by atoms with E-state index in [0.717, 1.165) is 38.2 Å². The maximum Gasteiger partial charge on any atom is 0.371 e. The first-order valence-electron chi connectivity index (χ1n) is 6.71. The van der Waals surface area contributed by atoms with Crippen LogP contribution in [0.1, 0.15) is 49.6 Å². The van der Waals surface area contributed by atoms with Crippen LogP contribution in [-0.4, -0.2) is 26.0 Å². The van der Waals surface area contributed by atoms with E-state index >= 15 is 0 Å². The summed E-state index contributed by atoms with van der Waals surface area (Å²) in [5.41, 5.74) is 0.0231. The Morgan fingerprint density at radius 3 is 2.55 bits per heavy atom. The van der Waals surface area contributed by atoms with Gasteiger partial charge < -0.3 is 9.52 Å². The Kier molecular flexibility index (Phi) is 4.19. The molecule has 1 heterocycles. The Labute approximate surface area is 118 Å². The third kappa shape index (κ3) is 3.04. The lowest BCUT2D eigenvalue weighted by Crippen LogP contribution is -2.35. The quantitative estimate of drug-likeness (QED) is 0.839. The minimum atomic E-state index is -3.79. The Bertz CT molecular complexity index is 584. The molecule has 0 spiro atoms. The van der Waals surface area contributed by atoms with E-state index in [2.05, 4.69) is 11.6 Å². The zero-order valence-electron chi connectivity index (χ0n) is 11.4. The molecule has 1 aromatic rings. The normalized spacial score (nSPS) is 18.2. The van der Waals surface area contributed by atoms with Gasteiger partial charge in [0.2, 0.25) is 10.9 Å². The lowest BCUT2D eigenvalue weighted by atomic mass is 9.84. The Morgan fingerprint density at radius 1 is 1.40 bits per heavy atom. The Hall–Kier alpha value is -1.34. The van der Waals surface area contributed by atoms with E-state index in [1.165, 1.54) is 6.07 Å². The number of carboxylic acids is 1. The van der Waals surface area contributed by atoms with Crippen molar-refractivity contribution in [2.75, 3.05) is 6.54 Å². The van der Waals surface area contributed by atoms with Gasteiger partial charge in [0.1, 0.15) is 0 Å². The molecule has 1 aliphatic carbocycles. The molecule has 0 unspecified atom stereocenters. The van der Waals surface area contributed by atoms with Crippen molar-refractivity contribution in [3.63, 3.8) is 0 Å². The minimum Gasteiger partial charge on any atom is -0.475 e. The fourth-order valence-corrected chi connectivity index (χ4v) is 3.76. The lowest BCUT2D eigenvalue weighted by Gasteiger charge is -2.27. The van der Waals surface area contributed by atoms with Gasteiger partial charge in [-0.05, 0) is 36.8 Å². The standard InChI is InChI=1S/C13H19NO5S/c1-2-13(7-3-4-8-13)9-14-20(17,18)11-6-5-10(19-11)12(15)16/h5-6,14H,2-4,7-9H2,1H3,(H,15,16). The number of furan rings is 1. The molecule has 0 bridgehead atoms. The van der Waals surface area contributed by atoms with Gasteiger partial charge >= 0.3 is 5.97 Å². The monoisotopic (exact) mass is 301 g/mol. The fourth-order valence-electron chi connectivity index (χ4n) is 2.68. The maximum absolute atomic E-state index is 12.1. The van der Waals surface area contributed by atoms with Gasteiger partial charge in [0, 0.05) is 6.54 Å². The van der Waals surface area contributed by atoms with Crippen LogP contribution in [-0.2, 0) is 10.0 Å². The van der Waals surface area contributed by atoms with Crippen LogP contribution in [0.25, 0.3) is 0 Å². The molecule has 1 aromatic heterocycles. The molecule has 0 saturated heterocycles. The summed E-state index contributed by atoms with van der Waals surface area (Å²) < 4.78 is 31.6. The van der Waals surface area contributed by atoms with E-state index in [0.29, 0.717) is 6.54 Å². The fraction of sp³-hybridized carbons (Fsp3) is 0.615. The largest absolute Gasteiger partial charge is 0.475 e. The summed E-state index contributed by atoms with van der Waals surface area (Å²) in [5.74, 6) is -1.66. The summed E-state index contributed by atoms with van der Waals surface area (Å²) in [7, 11) is -3.79. The van der Waals surface area contributed by atoms with Crippen LogP contribution >= 0.6 is 0 Å². The van der Waals surface area contributed by atoms with Crippen LogP contribution < -0.4 is 4.72 Å². The molecule has 1 fully saturated rings. The molecule has 2 rings (SSSR count). The predicted molar refractivity (Wildman–Crippen MR) is 72.0 cm³/mol. The first-order chi connectivity index (χ1) is 9.38. The van der Waals surface area contributed by atoms with Crippen LogP contribution in [0.15, 0.2) is 21.6 Å². The van der Waals surface area contributed by atoms with Crippen LogP contribution in [0.3, 0.4) is 0 Å². The highest BCUT2D eigenvalue weighted by Gasteiger charge is 2.34. The van der Waals surface area contributed by atoms with Crippen molar-refractivity contribution < 1.29 is 22.7 Å². The highest BCUT2D eigenvalue weighted by Crippen LogP contribution is 2.40. The molecular weight excluding hydrogens is 282 g/mol. The summed E-state index contributed by atoms with van der Waals surface area (Å²) in [6, 6.07) is 2.31. The van der Waals surface area contributed by atoms with Crippen molar-refractivity contribution in [2.24, 2.45) is 5.41 Å². The lowest BCUT2D eigenvalue weighted by molar-refractivity contribution is 0.0656. The van der Waals surface area contributed by atoms with E-state index in [-0.39, 0.29) is 16.3 Å². The maximum atomic E-state index is 12.1. The second-order valence-corrected chi connectivity index (χ2v) is 7.01. The summed E-state index contributed by atoms with van der Waals surface area (Å²) in [6.45, 7) is 2.43. The number of hydrogen-bond donors (Lipinski definition) is 2. The molecule has 1 saturated carbocycles. The number of carboxylic acid groups (broad SMARTS) is 1. The van der Waals surface area contributed by atoms with Crippen molar-refractivity contribution in [2.45, 2.75) is 44.1 Å². The molecule has 2 N–H and O–H groups in total. The van der Waals surface area contributed by atoms with E-state index < -0.39 is 16.0 Å². The van der Waals surface area contributed by atoms with Crippen molar-refractivity contribution >= 4 is 16.0 Å². The third-order valence-electron chi connectivity index (χ3n) is 4.11. The molecule has 112 valence electrons. The molecular formula is C13H19NO5S. The first kappa shape index (κ1) is 15.1. The van der Waals surface area contributed by atoms with E-state index in [1.54, 1.807) is 0 Å². The van der Waals surface area contributed by atoms with E-state index in [4.69, 9.17) is 9.52 Å². The van der Waals surface area contributed by atoms with Crippen molar-refractivity contribution in [3.8, 4) is 0 Å². The number of rotatable bonds is 6. The van der Waals surface area contributed by atoms with E-state index in [1.807, 2.05) is 0 Å². The highest BCUT2D eigenvalue weighted by molar-refractivity contribution is 7.89. The van der Waals surface area contributed by atoms with Crippen LogP contribution in [0.5, 0.6) is 0 Å². The molecule has 0 radical (unpaired) electrons. The van der Waals surface area contributed by atoms with Gasteiger partial charge in [-0.25, -0.2) is 17.9 Å². The van der Waals surface area contributed by atoms with Gasteiger partial charge in [0.05, 0.1) is 0 Å². The molecule has 7 heteroatoms. The number of carbonyl (C=O) groups is 1. The summed E-state index contributed by atoms with van der Waals surface area (Å²) >= 11 is 0. The second-order valence-electron chi connectivity index (χ2n) is 5.31. The molecule has 0 amide bonds. The second kappa shape index (κ2) is 5.57. The average Bonchev–Trinajstić information content (AvgIpc) is 3.07. The number of aromatic carboxylic acids is 1. The van der Waals surface area contributed by atoms with Crippen molar-refractivity contribution in [1.29, 1.82) is 0 Å². The van der Waals surface area contributed by atoms with Gasteiger partial charge in [-0.2, -0.15) is 0 Å². The SMILES string of the molecule is CCC1(CNS(=O)(=O)c2ccc(C(=O)O)o2)CCCC1. The molecule has 0 aromatic carbocycles. The average molecular weight is 301 g/mol. The number of nitrogens with one attached hydrogen (secondary N) is 1. The van der Waals surface area contributed by atoms with Gasteiger partial charge in [-0.1, -0.05) is 19.8 Å². The van der Waals surface area contributed by atoms with Gasteiger partial charge in [0.25, 0.3) is 10.0 Å². The summed E-state index contributed by atoms with van der Waals surface area (Å²) in [5, 5.41) is 8.39. The van der Waals surface area contributed by atoms with Crippen molar-refractivity contribution in [3.05, 3.63) is 17.9 Å². The van der Waals surface area contributed by atoms with Crippen molar-refractivity contribution in [1.82, 2.24) is 4.72 Å². The number of hydrogen-bond acceptors (Lipinski definition) is 4. The Morgan fingerprint density at radius 2 is 2.05 bits per heavy atom. The van der Waals surface area contributed by atoms with Crippen LogP contribution in [0.2, 0.25) is 0 Å². The summed E-state index contributed by atoms with van der Waals surface area (Å²) in [6.07, 6.45) is 5.21. The molecule has 1 aliphatic rings. The van der Waals surface area contributed by atoms with E-state index in [9.17, 15) is 13.2 Å². The highest BCUT2D eigenvalue weighted by atomic mass is 32.2. The third-order valence-corrected chi connectivity index (χ3v) is 5.38. The number of sulfonamides is 1. The zero-order chi connectivity index (χ0) is 14.8. The smallest absolute Gasteiger partial charge is 0.371 e. The van der Waals surface area contributed by atoms with Crippen LogP contribution in [0.4, 0.5) is 0 Å². The predicted octanol–water partition coefficient (Wildman–Crippen LogP) is 2.23. The molecule has 20 heavy (non-hydrogen) atoms. The van der Waals surface area contributed by atoms with Gasteiger partial charge in [-0.15, -0.1) is 0 Å². The van der Waals surface area contributed by atoms with Crippen LogP contribution in [0, 0.1) is 5.41 Å². The zero-order valence-corrected chi connectivity index (χ0v) is 12.2. The van der Waals surface area contributed by atoms with Gasteiger partial charge in [0.15, 0.2) is 0 Å². The minimum absolute atomic E-state index is 0.0231. The first-order valence-corrected chi connectivity index (χ1v) is 8.20. The topological polar surface area (TPSA) is 96.6 Å². The molecule has 0 aliphatic heterocycles. The molecule has 0 atom stereocenters. The van der Waals surface area contributed by atoms with Gasteiger partial charge in [-0.3, -0.25) is 0 Å². The Balaban J connectivity index is 2.08.